The highest BCUT2D eigenvalue weighted by Gasteiger charge is 1.57. The van der Waals surface area contributed by atoms with Crippen molar-refractivity contribution >= 4 is 12.4 Å². The van der Waals surface area contributed by atoms with Gasteiger partial charge in [0, 0.05) is 6.08 Å². The van der Waals surface area contributed by atoms with Crippen LogP contribution in [0.25, 0.3) is 0 Å². The number of nitriles is 1. The fraction of sp³-hybridized carbons (Fsp3) is 0.400. The first-order valence-electron chi connectivity index (χ1n) is 1.96. The Morgan fingerprint density at radius 3 is 2.43 bits per heavy atom. The minimum atomic E-state index is 0. The SMILES string of the molecule is CCC=CC#N.Cl. The van der Waals surface area contributed by atoms with Gasteiger partial charge in [0.05, 0.1) is 6.07 Å². The minimum absolute atomic E-state index is 0. The van der Waals surface area contributed by atoms with E-state index in [4.69, 9.17) is 5.26 Å². The minimum Gasteiger partial charge on any atom is -0.193 e. The summed E-state index contributed by atoms with van der Waals surface area (Å²) in [5, 5.41) is 7.86. The lowest BCUT2D eigenvalue weighted by Crippen LogP contribution is -1.47. The Morgan fingerprint density at radius 1 is 1.71 bits per heavy atom. The maximum atomic E-state index is 7.86. The van der Waals surface area contributed by atoms with E-state index in [2.05, 4.69) is 0 Å². The van der Waals surface area contributed by atoms with Crippen LogP contribution in [0.3, 0.4) is 0 Å². The number of halogens is 1. The average molecular weight is 118 g/mol. The Hall–Kier alpha value is -0.480. The lowest BCUT2D eigenvalue weighted by molar-refractivity contribution is 1.22. The Morgan fingerprint density at radius 2 is 2.29 bits per heavy atom. The molecule has 0 bridgehead atoms. The molecule has 0 heterocycles. The first-order chi connectivity index (χ1) is 2.91. The van der Waals surface area contributed by atoms with E-state index in [-0.39, 0.29) is 12.4 Å². The van der Waals surface area contributed by atoms with Crippen molar-refractivity contribution in [1.29, 1.82) is 5.26 Å². The maximum absolute atomic E-state index is 7.86. The van der Waals surface area contributed by atoms with Crippen molar-refractivity contribution in [2.45, 2.75) is 13.3 Å². The van der Waals surface area contributed by atoms with Crippen LogP contribution in [0.1, 0.15) is 13.3 Å². The van der Waals surface area contributed by atoms with E-state index in [1.54, 1.807) is 0 Å². The normalized spacial score (nSPS) is 7.43. The molecule has 0 N–H and O–H groups in total. The summed E-state index contributed by atoms with van der Waals surface area (Å²) in [7, 11) is 0. The molecule has 1 nitrogen and oxygen atoms in total. The Balaban J connectivity index is 0. The summed E-state index contributed by atoms with van der Waals surface area (Å²) in [5.41, 5.74) is 0. The first kappa shape index (κ1) is 9.72. The highest BCUT2D eigenvalue weighted by atomic mass is 35.5. The van der Waals surface area contributed by atoms with E-state index in [1.807, 2.05) is 19.1 Å². The molecule has 0 saturated carbocycles. The van der Waals surface area contributed by atoms with Gasteiger partial charge in [-0.05, 0) is 6.42 Å². The van der Waals surface area contributed by atoms with Crippen LogP contribution in [0.2, 0.25) is 0 Å². The molecule has 7 heavy (non-hydrogen) atoms. The van der Waals surface area contributed by atoms with Crippen molar-refractivity contribution in [2.24, 2.45) is 0 Å². The zero-order chi connectivity index (χ0) is 4.83. The van der Waals surface area contributed by atoms with E-state index in [9.17, 15) is 0 Å². The number of hydrogen-bond acceptors (Lipinski definition) is 1. The van der Waals surface area contributed by atoms with Crippen LogP contribution in [0.4, 0.5) is 0 Å². The largest absolute Gasteiger partial charge is 0.193 e. The third kappa shape index (κ3) is 10.8. The van der Waals surface area contributed by atoms with Crippen LogP contribution in [-0.4, -0.2) is 0 Å². The second kappa shape index (κ2) is 9.10. The number of nitrogens with zero attached hydrogens (tertiary/aromatic N) is 1. The predicted octanol–water partition coefficient (Wildman–Crippen LogP) is 1.90. The average Bonchev–Trinajstić information content (AvgIpc) is 1.61. The third-order valence-corrected chi connectivity index (χ3v) is 0.428. The van der Waals surface area contributed by atoms with Gasteiger partial charge in [0.25, 0.3) is 0 Å². The van der Waals surface area contributed by atoms with Gasteiger partial charge in [0.2, 0.25) is 0 Å². The van der Waals surface area contributed by atoms with Crippen molar-refractivity contribution in [2.75, 3.05) is 0 Å². The monoisotopic (exact) mass is 117 g/mol. The summed E-state index contributed by atoms with van der Waals surface area (Å²) in [6.45, 7) is 1.99. The van der Waals surface area contributed by atoms with Crippen LogP contribution in [0, 0.1) is 11.3 Å². The van der Waals surface area contributed by atoms with Crippen molar-refractivity contribution in [1.82, 2.24) is 0 Å². The van der Waals surface area contributed by atoms with Gasteiger partial charge in [-0.15, -0.1) is 12.4 Å². The summed E-state index contributed by atoms with van der Waals surface area (Å²) in [4.78, 5) is 0. The number of rotatable bonds is 1. The Kier molecular flexibility index (Phi) is 12.6. The summed E-state index contributed by atoms with van der Waals surface area (Å²) >= 11 is 0. The molecule has 0 rings (SSSR count). The van der Waals surface area contributed by atoms with E-state index in [0.29, 0.717) is 0 Å². The molecule has 0 aliphatic carbocycles. The van der Waals surface area contributed by atoms with Crippen LogP contribution in [0.15, 0.2) is 12.2 Å². The molecular weight excluding hydrogens is 110 g/mol. The van der Waals surface area contributed by atoms with E-state index < -0.39 is 0 Å². The molecule has 0 amide bonds. The molecule has 0 aliphatic heterocycles. The fourth-order valence-corrected chi connectivity index (χ4v) is 0.171. The Bertz CT molecular complexity index is 80.6. The van der Waals surface area contributed by atoms with Gasteiger partial charge in [-0.1, -0.05) is 13.0 Å². The molecule has 0 atom stereocenters. The van der Waals surface area contributed by atoms with Gasteiger partial charge < -0.3 is 0 Å². The van der Waals surface area contributed by atoms with Crippen LogP contribution < -0.4 is 0 Å². The van der Waals surface area contributed by atoms with Gasteiger partial charge in [-0.3, -0.25) is 0 Å². The molecule has 0 aliphatic rings. The molecule has 0 fully saturated rings. The zero-order valence-corrected chi connectivity index (χ0v) is 5.03. The molecule has 0 aromatic rings. The molecule has 0 spiro atoms. The molecule has 0 aromatic heterocycles. The van der Waals surface area contributed by atoms with Crippen LogP contribution in [-0.2, 0) is 0 Å². The Labute approximate surface area is 50.1 Å². The standard InChI is InChI=1S/C5H7N.ClH/c1-2-3-4-5-6;/h3-4H,2H2,1H3;1H. The molecule has 40 valence electrons. The second-order valence-corrected chi connectivity index (χ2v) is 0.940. The highest BCUT2D eigenvalue weighted by Crippen LogP contribution is 1.74. The molecule has 0 saturated heterocycles. The van der Waals surface area contributed by atoms with Crippen molar-refractivity contribution in [3.63, 3.8) is 0 Å². The van der Waals surface area contributed by atoms with E-state index in [1.165, 1.54) is 6.08 Å². The third-order valence-electron chi connectivity index (χ3n) is 0.428. The first-order valence-corrected chi connectivity index (χ1v) is 1.96. The predicted molar refractivity (Wildman–Crippen MR) is 32.3 cm³/mol. The maximum Gasteiger partial charge on any atom is 0.0908 e. The highest BCUT2D eigenvalue weighted by molar-refractivity contribution is 5.85. The van der Waals surface area contributed by atoms with E-state index in [0.717, 1.165) is 6.42 Å². The molecule has 0 unspecified atom stereocenters. The van der Waals surface area contributed by atoms with Gasteiger partial charge in [0.1, 0.15) is 0 Å². The smallest absolute Gasteiger partial charge is 0.0908 e. The topological polar surface area (TPSA) is 23.8 Å². The van der Waals surface area contributed by atoms with Gasteiger partial charge in [-0.2, -0.15) is 5.26 Å². The molecule has 0 radical (unpaired) electrons. The van der Waals surface area contributed by atoms with E-state index >= 15 is 0 Å². The van der Waals surface area contributed by atoms with Crippen molar-refractivity contribution in [3.8, 4) is 6.07 Å². The zero-order valence-electron chi connectivity index (χ0n) is 4.22. The molecule has 2 heteroatoms. The second-order valence-electron chi connectivity index (χ2n) is 0.940. The van der Waals surface area contributed by atoms with Crippen LogP contribution >= 0.6 is 12.4 Å². The van der Waals surface area contributed by atoms with Gasteiger partial charge in [0.15, 0.2) is 0 Å². The lowest BCUT2D eigenvalue weighted by atomic mass is 10.4. The quantitative estimate of drug-likeness (QED) is 0.482. The van der Waals surface area contributed by atoms with Crippen molar-refractivity contribution < 1.29 is 0 Å². The summed E-state index contributed by atoms with van der Waals surface area (Å²) in [5.74, 6) is 0. The summed E-state index contributed by atoms with van der Waals surface area (Å²) < 4.78 is 0. The molecule has 0 aromatic carbocycles. The fourth-order valence-electron chi connectivity index (χ4n) is 0.171. The molecular formula is C5H8ClN. The number of allylic oxidation sites excluding steroid dienone is 2. The summed E-state index contributed by atoms with van der Waals surface area (Å²) in [6.07, 6.45) is 4.26. The van der Waals surface area contributed by atoms with Crippen molar-refractivity contribution in [3.05, 3.63) is 12.2 Å². The van der Waals surface area contributed by atoms with Gasteiger partial charge >= 0.3 is 0 Å². The van der Waals surface area contributed by atoms with Crippen LogP contribution in [0.5, 0.6) is 0 Å². The summed E-state index contributed by atoms with van der Waals surface area (Å²) in [6, 6.07) is 1.89. The lowest BCUT2D eigenvalue weighted by Gasteiger charge is -1.63. The number of hydrogen-bond donors (Lipinski definition) is 0. The van der Waals surface area contributed by atoms with Gasteiger partial charge in [-0.25, -0.2) is 0 Å².